The molecule has 0 radical (unpaired) electrons. The van der Waals surface area contributed by atoms with E-state index < -0.39 is 21.7 Å². The van der Waals surface area contributed by atoms with Gasteiger partial charge in [-0.3, -0.25) is 4.31 Å². The third-order valence-electron chi connectivity index (χ3n) is 3.33. The Kier molecular flexibility index (Phi) is 3.42. The summed E-state index contributed by atoms with van der Waals surface area (Å²) in [6.07, 6.45) is 1.52. The van der Waals surface area contributed by atoms with Gasteiger partial charge in [-0.25, -0.2) is 18.2 Å². The van der Waals surface area contributed by atoms with Crippen LogP contribution >= 0.6 is 11.3 Å². The first-order chi connectivity index (χ1) is 10.0. The van der Waals surface area contributed by atoms with Gasteiger partial charge in [-0.05, 0) is 24.5 Å². The average molecular weight is 324 g/mol. The monoisotopic (exact) mass is 324 g/mol. The zero-order chi connectivity index (χ0) is 15.0. The summed E-state index contributed by atoms with van der Waals surface area (Å²) < 4.78 is 26.6. The number of carboxylic acid groups (broad SMARTS) is 1. The summed E-state index contributed by atoms with van der Waals surface area (Å²) in [6, 6.07) is 7.27. The molecule has 0 aliphatic carbocycles. The molecular formula is C13H12N2O4S2. The standard InChI is InChI=1S/C13H12N2O4S2/c16-12(17)11-13(20-8-14-11)21(18,19)15-7-3-5-9-4-1-2-6-10(9)15/h1-2,4,6,8H,3,5,7H2,(H,16,17). The second kappa shape index (κ2) is 5.12. The van der Waals surface area contributed by atoms with Crippen LogP contribution in [0.15, 0.2) is 34.0 Å². The Bertz CT molecular complexity index is 798. The number of thiazole rings is 1. The molecule has 0 bridgehead atoms. The van der Waals surface area contributed by atoms with Crippen LogP contribution in [0.1, 0.15) is 22.5 Å². The van der Waals surface area contributed by atoms with Crippen LogP contribution in [0, 0.1) is 0 Å². The zero-order valence-electron chi connectivity index (χ0n) is 10.9. The van der Waals surface area contributed by atoms with E-state index in [0.29, 0.717) is 18.7 Å². The van der Waals surface area contributed by atoms with Crippen molar-refractivity contribution in [3.63, 3.8) is 0 Å². The predicted octanol–water partition coefficient (Wildman–Crippen LogP) is 1.98. The lowest BCUT2D eigenvalue weighted by molar-refractivity contribution is 0.0687. The van der Waals surface area contributed by atoms with Gasteiger partial charge in [-0.15, -0.1) is 11.3 Å². The van der Waals surface area contributed by atoms with Crippen LogP contribution < -0.4 is 4.31 Å². The summed E-state index contributed by atoms with van der Waals surface area (Å²) in [5.74, 6) is -1.33. The molecule has 1 aliphatic heterocycles. The topological polar surface area (TPSA) is 87.6 Å². The van der Waals surface area contributed by atoms with Crippen molar-refractivity contribution in [1.29, 1.82) is 0 Å². The number of nitrogens with zero attached hydrogens (tertiary/aromatic N) is 2. The maximum atomic E-state index is 12.8. The first kappa shape index (κ1) is 14.0. The summed E-state index contributed by atoms with van der Waals surface area (Å²) in [4.78, 5) is 14.8. The molecule has 0 fully saturated rings. The van der Waals surface area contributed by atoms with E-state index in [2.05, 4.69) is 4.98 Å². The van der Waals surface area contributed by atoms with Crippen molar-refractivity contribution in [3.8, 4) is 0 Å². The largest absolute Gasteiger partial charge is 0.476 e. The molecule has 8 heteroatoms. The van der Waals surface area contributed by atoms with Crippen LogP contribution in [-0.4, -0.2) is 31.0 Å². The highest BCUT2D eigenvalue weighted by molar-refractivity contribution is 7.94. The van der Waals surface area contributed by atoms with Crippen LogP contribution in [0.25, 0.3) is 0 Å². The van der Waals surface area contributed by atoms with Crippen LogP contribution in [0.5, 0.6) is 0 Å². The highest BCUT2D eigenvalue weighted by Gasteiger charge is 2.34. The summed E-state index contributed by atoms with van der Waals surface area (Å²) in [5.41, 5.74) is 2.40. The molecular weight excluding hydrogens is 312 g/mol. The van der Waals surface area contributed by atoms with Crippen LogP contribution in [0.2, 0.25) is 0 Å². The Morgan fingerprint density at radius 3 is 2.86 bits per heavy atom. The maximum absolute atomic E-state index is 12.8. The number of para-hydroxylation sites is 1. The highest BCUT2D eigenvalue weighted by Crippen LogP contribution is 2.33. The van der Waals surface area contributed by atoms with Gasteiger partial charge >= 0.3 is 5.97 Å². The number of hydrogen-bond donors (Lipinski definition) is 1. The fraction of sp³-hybridized carbons (Fsp3) is 0.231. The number of benzene rings is 1. The second-order valence-corrected chi connectivity index (χ2v) is 7.52. The lowest BCUT2D eigenvalue weighted by atomic mass is 10.0. The van der Waals surface area contributed by atoms with E-state index in [1.54, 1.807) is 12.1 Å². The molecule has 1 N–H and O–H groups in total. The Labute approximate surface area is 125 Å². The molecule has 1 aromatic heterocycles. The minimum atomic E-state index is -3.90. The highest BCUT2D eigenvalue weighted by atomic mass is 32.2. The van der Waals surface area contributed by atoms with Gasteiger partial charge in [0.15, 0.2) is 9.90 Å². The maximum Gasteiger partial charge on any atom is 0.356 e. The van der Waals surface area contributed by atoms with Crippen molar-refractivity contribution in [2.45, 2.75) is 17.1 Å². The second-order valence-electron chi connectivity index (χ2n) is 4.60. The number of hydrogen-bond acceptors (Lipinski definition) is 5. The molecule has 21 heavy (non-hydrogen) atoms. The van der Waals surface area contributed by atoms with E-state index in [9.17, 15) is 13.2 Å². The molecule has 0 unspecified atom stereocenters. The third kappa shape index (κ3) is 2.30. The van der Waals surface area contributed by atoms with Crippen LogP contribution in [0.3, 0.4) is 0 Å². The third-order valence-corrected chi connectivity index (χ3v) is 6.49. The molecule has 0 saturated carbocycles. The Morgan fingerprint density at radius 2 is 2.10 bits per heavy atom. The number of anilines is 1. The van der Waals surface area contributed by atoms with Gasteiger partial charge in [-0.1, -0.05) is 18.2 Å². The first-order valence-corrected chi connectivity index (χ1v) is 8.61. The lowest BCUT2D eigenvalue weighted by Crippen LogP contribution is -2.35. The predicted molar refractivity (Wildman–Crippen MR) is 78.4 cm³/mol. The molecule has 6 nitrogen and oxygen atoms in total. The van der Waals surface area contributed by atoms with Crippen LogP contribution in [-0.2, 0) is 16.4 Å². The molecule has 3 rings (SSSR count). The molecule has 0 amide bonds. The fourth-order valence-corrected chi connectivity index (χ4v) is 5.19. The summed E-state index contributed by atoms with van der Waals surface area (Å²) in [5, 5.41) is 9.07. The average Bonchev–Trinajstić information content (AvgIpc) is 2.97. The number of carbonyl (C=O) groups is 1. The van der Waals surface area contributed by atoms with Crippen molar-refractivity contribution in [2.75, 3.05) is 10.8 Å². The van der Waals surface area contributed by atoms with Crippen molar-refractivity contribution in [1.82, 2.24) is 4.98 Å². The lowest BCUT2D eigenvalue weighted by Gasteiger charge is -2.29. The smallest absolute Gasteiger partial charge is 0.356 e. The van der Waals surface area contributed by atoms with Crippen molar-refractivity contribution in [3.05, 3.63) is 41.0 Å². The molecule has 1 aromatic carbocycles. The quantitative estimate of drug-likeness (QED) is 0.933. The molecule has 2 aromatic rings. The van der Waals surface area contributed by atoms with Gasteiger partial charge in [0.25, 0.3) is 10.0 Å². The number of aromatic carboxylic acids is 1. The van der Waals surface area contributed by atoms with E-state index >= 15 is 0 Å². The number of aromatic nitrogens is 1. The number of sulfonamides is 1. The Balaban J connectivity index is 2.12. The summed E-state index contributed by atoms with van der Waals surface area (Å²) >= 11 is 0.832. The fourth-order valence-electron chi connectivity index (χ4n) is 2.41. The van der Waals surface area contributed by atoms with E-state index in [0.717, 1.165) is 23.3 Å². The molecule has 0 spiro atoms. The molecule has 1 aliphatic rings. The normalized spacial score (nSPS) is 14.8. The van der Waals surface area contributed by atoms with E-state index in [-0.39, 0.29) is 4.21 Å². The van der Waals surface area contributed by atoms with Crippen molar-refractivity contribution >= 4 is 33.0 Å². The molecule has 0 atom stereocenters. The van der Waals surface area contributed by atoms with Gasteiger partial charge < -0.3 is 5.11 Å². The zero-order valence-corrected chi connectivity index (χ0v) is 12.5. The minimum absolute atomic E-state index is 0.216. The van der Waals surface area contributed by atoms with Gasteiger partial charge in [0, 0.05) is 6.54 Å². The molecule has 0 saturated heterocycles. The SMILES string of the molecule is O=C(O)c1ncsc1S(=O)(=O)N1CCCc2ccccc21. The van der Waals surface area contributed by atoms with E-state index in [4.69, 9.17) is 5.11 Å². The van der Waals surface area contributed by atoms with E-state index in [1.807, 2.05) is 12.1 Å². The molecule has 2 heterocycles. The van der Waals surface area contributed by atoms with Crippen LogP contribution in [0.4, 0.5) is 5.69 Å². The number of carboxylic acids is 1. The van der Waals surface area contributed by atoms with Gasteiger partial charge in [0.1, 0.15) is 0 Å². The van der Waals surface area contributed by atoms with E-state index in [1.165, 1.54) is 9.82 Å². The van der Waals surface area contributed by atoms with Crippen molar-refractivity contribution in [2.24, 2.45) is 0 Å². The summed E-state index contributed by atoms with van der Waals surface area (Å²) in [7, 11) is -3.90. The molecule has 110 valence electrons. The number of aryl methyl sites for hydroxylation is 1. The first-order valence-electron chi connectivity index (χ1n) is 6.29. The Morgan fingerprint density at radius 1 is 1.33 bits per heavy atom. The van der Waals surface area contributed by atoms with Gasteiger partial charge in [-0.2, -0.15) is 0 Å². The van der Waals surface area contributed by atoms with Gasteiger partial charge in [0.05, 0.1) is 11.2 Å². The van der Waals surface area contributed by atoms with Crippen molar-refractivity contribution < 1.29 is 18.3 Å². The summed E-state index contributed by atoms with van der Waals surface area (Å²) in [6.45, 7) is 0.344. The number of fused-ring (bicyclic) bond motifs is 1. The Hall–Kier alpha value is -1.93. The minimum Gasteiger partial charge on any atom is -0.476 e. The van der Waals surface area contributed by atoms with Gasteiger partial charge in [0.2, 0.25) is 0 Å². The number of rotatable bonds is 3.